The van der Waals surface area contributed by atoms with Gasteiger partial charge >= 0.3 is 5.97 Å². The molecule has 1 aliphatic heterocycles. The average Bonchev–Trinajstić information content (AvgIpc) is 2.86. The van der Waals surface area contributed by atoms with Crippen LogP contribution in [0.15, 0.2) is 54.6 Å². The van der Waals surface area contributed by atoms with Crippen LogP contribution in [0.1, 0.15) is 55.1 Å². The molecule has 1 aliphatic rings. The third-order valence-corrected chi connectivity index (χ3v) is 5.95. The number of amides is 2. The zero-order valence-corrected chi connectivity index (χ0v) is 21.7. The molecule has 0 bridgehead atoms. The molecular formula is C28H36N4O5. The predicted octanol–water partition coefficient (Wildman–Crippen LogP) is 2.66. The molecule has 37 heavy (non-hydrogen) atoms. The van der Waals surface area contributed by atoms with E-state index in [-0.39, 0.29) is 30.4 Å². The van der Waals surface area contributed by atoms with Crippen LogP contribution in [0.3, 0.4) is 0 Å². The Hall–Kier alpha value is -3.72. The molecule has 198 valence electrons. The summed E-state index contributed by atoms with van der Waals surface area (Å²) in [6.07, 6.45) is 1.39. The topological polar surface area (TPSA) is 135 Å². The molecule has 3 rings (SSSR count). The van der Waals surface area contributed by atoms with Gasteiger partial charge in [-0.15, -0.1) is 0 Å². The number of hydrogen-bond donors (Lipinski definition) is 3. The number of piperidine rings is 1. The monoisotopic (exact) mass is 508 g/mol. The summed E-state index contributed by atoms with van der Waals surface area (Å²) in [7, 11) is 0. The Morgan fingerprint density at radius 1 is 1.03 bits per heavy atom. The van der Waals surface area contributed by atoms with Gasteiger partial charge in [0.05, 0.1) is 6.10 Å². The summed E-state index contributed by atoms with van der Waals surface area (Å²) >= 11 is 0. The van der Waals surface area contributed by atoms with Crippen molar-refractivity contribution in [3.8, 4) is 0 Å². The molecular weight excluding hydrogens is 472 g/mol. The first kappa shape index (κ1) is 27.9. The molecule has 2 aromatic carbocycles. The van der Waals surface area contributed by atoms with Gasteiger partial charge in [-0.1, -0.05) is 42.5 Å². The van der Waals surface area contributed by atoms with Crippen LogP contribution in [-0.2, 0) is 25.5 Å². The Balaban J connectivity index is 1.61. The van der Waals surface area contributed by atoms with Gasteiger partial charge in [-0.3, -0.25) is 15.0 Å². The van der Waals surface area contributed by atoms with E-state index in [0.29, 0.717) is 43.5 Å². The van der Waals surface area contributed by atoms with Gasteiger partial charge in [0.25, 0.3) is 5.91 Å². The summed E-state index contributed by atoms with van der Waals surface area (Å²) in [6, 6.07) is 15.2. The van der Waals surface area contributed by atoms with Crippen molar-refractivity contribution in [1.29, 1.82) is 5.41 Å². The molecule has 0 radical (unpaired) electrons. The molecule has 0 unspecified atom stereocenters. The molecule has 0 aromatic heterocycles. The molecule has 4 N–H and O–H groups in total. The molecule has 0 aliphatic carbocycles. The van der Waals surface area contributed by atoms with Crippen molar-refractivity contribution in [3.05, 3.63) is 71.3 Å². The number of carbonyl (C=O) groups excluding carboxylic acids is 3. The minimum absolute atomic E-state index is 0.0810. The van der Waals surface area contributed by atoms with Gasteiger partial charge in [0.15, 0.2) is 0 Å². The maximum atomic E-state index is 13.5. The number of likely N-dealkylation sites (tertiary alicyclic amines) is 1. The lowest BCUT2D eigenvalue weighted by Gasteiger charge is -2.34. The standard InChI is InChI=1S/C28H36N4O5/c1-28(2,3)37-24(33)18-36-22-13-15-32(16-14-22)27(35)23(17-19-7-5-4-6-8-19)31-26(34)21-11-9-20(10-12-21)25(29)30/h4-12,22-23H,13-18H2,1-3H3,(H3,29,30)(H,31,34)/t23-/m0/s1. The molecule has 0 saturated carbocycles. The number of ether oxygens (including phenoxy) is 2. The van der Waals surface area contributed by atoms with Crippen LogP contribution < -0.4 is 11.1 Å². The van der Waals surface area contributed by atoms with Crippen LogP contribution in [-0.4, -0.2) is 66.0 Å². The van der Waals surface area contributed by atoms with Crippen LogP contribution >= 0.6 is 0 Å². The number of nitrogens with one attached hydrogen (secondary N) is 2. The molecule has 2 aromatic rings. The maximum absolute atomic E-state index is 13.5. The van der Waals surface area contributed by atoms with E-state index in [1.807, 2.05) is 30.3 Å². The second-order valence-corrected chi connectivity index (χ2v) is 10.1. The van der Waals surface area contributed by atoms with Crippen LogP contribution in [0.2, 0.25) is 0 Å². The minimum Gasteiger partial charge on any atom is -0.458 e. The second-order valence-electron chi connectivity index (χ2n) is 10.1. The smallest absolute Gasteiger partial charge is 0.332 e. The van der Waals surface area contributed by atoms with Crippen LogP contribution in [0.4, 0.5) is 0 Å². The Morgan fingerprint density at radius 3 is 2.19 bits per heavy atom. The molecule has 1 atom stereocenters. The first-order chi connectivity index (χ1) is 17.5. The van der Waals surface area contributed by atoms with E-state index in [9.17, 15) is 14.4 Å². The van der Waals surface area contributed by atoms with E-state index in [4.69, 9.17) is 20.6 Å². The second kappa shape index (κ2) is 12.5. The van der Waals surface area contributed by atoms with Crippen molar-refractivity contribution in [2.24, 2.45) is 5.73 Å². The number of nitrogens with two attached hydrogens (primary N) is 1. The van der Waals surface area contributed by atoms with E-state index in [1.54, 1.807) is 49.9 Å². The van der Waals surface area contributed by atoms with Crippen LogP contribution in [0.25, 0.3) is 0 Å². The summed E-state index contributed by atoms with van der Waals surface area (Å²) in [5, 5.41) is 10.4. The van der Waals surface area contributed by atoms with Crippen molar-refractivity contribution in [2.45, 2.75) is 57.8 Å². The van der Waals surface area contributed by atoms with E-state index in [0.717, 1.165) is 5.56 Å². The van der Waals surface area contributed by atoms with E-state index in [1.165, 1.54) is 0 Å². The molecule has 1 heterocycles. The molecule has 9 heteroatoms. The number of nitrogen functional groups attached to an aromatic ring is 1. The fourth-order valence-electron chi connectivity index (χ4n) is 4.11. The SMILES string of the molecule is CC(C)(C)OC(=O)COC1CCN(C(=O)[C@H](Cc2ccccc2)NC(=O)c2ccc(C(=N)N)cc2)CC1. The number of carbonyl (C=O) groups is 3. The van der Waals surface area contributed by atoms with Crippen molar-refractivity contribution >= 4 is 23.6 Å². The quantitative estimate of drug-likeness (QED) is 0.271. The summed E-state index contributed by atoms with van der Waals surface area (Å²) in [5.41, 5.74) is 6.76. The highest BCUT2D eigenvalue weighted by atomic mass is 16.6. The lowest BCUT2D eigenvalue weighted by molar-refractivity contribution is -0.163. The maximum Gasteiger partial charge on any atom is 0.332 e. The third kappa shape index (κ3) is 8.71. The van der Waals surface area contributed by atoms with Crippen molar-refractivity contribution in [2.75, 3.05) is 19.7 Å². The number of amidine groups is 1. The summed E-state index contributed by atoms with van der Waals surface area (Å²) in [5.74, 6) is -1.03. The van der Waals surface area contributed by atoms with Gasteiger partial charge in [0, 0.05) is 30.6 Å². The van der Waals surface area contributed by atoms with E-state index >= 15 is 0 Å². The number of hydrogen-bond acceptors (Lipinski definition) is 6. The molecule has 0 spiro atoms. The number of nitrogens with zero attached hydrogens (tertiary/aromatic N) is 1. The highest BCUT2D eigenvalue weighted by molar-refractivity contribution is 5.99. The van der Waals surface area contributed by atoms with Gasteiger partial charge in [-0.2, -0.15) is 0 Å². The Bertz CT molecular complexity index is 1090. The van der Waals surface area contributed by atoms with Gasteiger partial charge in [0.1, 0.15) is 24.1 Å². The fourth-order valence-corrected chi connectivity index (χ4v) is 4.11. The van der Waals surface area contributed by atoms with Gasteiger partial charge in [-0.05, 0) is 51.3 Å². The lowest BCUT2D eigenvalue weighted by Crippen LogP contribution is -2.52. The number of rotatable bonds is 9. The van der Waals surface area contributed by atoms with E-state index in [2.05, 4.69) is 5.32 Å². The lowest BCUT2D eigenvalue weighted by atomic mass is 10.0. The zero-order valence-electron chi connectivity index (χ0n) is 21.7. The molecule has 1 saturated heterocycles. The predicted molar refractivity (Wildman–Crippen MR) is 140 cm³/mol. The van der Waals surface area contributed by atoms with Gasteiger partial charge in [-0.25, -0.2) is 4.79 Å². The molecule has 9 nitrogen and oxygen atoms in total. The van der Waals surface area contributed by atoms with Gasteiger partial charge < -0.3 is 25.4 Å². The largest absolute Gasteiger partial charge is 0.458 e. The normalized spacial score (nSPS) is 15.1. The van der Waals surface area contributed by atoms with Crippen molar-refractivity contribution in [3.63, 3.8) is 0 Å². The molecule has 2 amide bonds. The van der Waals surface area contributed by atoms with Gasteiger partial charge in [0.2, 0.25) is 5.91 Å². The van der Waals surface area contributed by atoms with Crippen molar-refractivity contribution < 1.29 is 23.9 Å². The summed E-state index contributed by atoms with van der Waals surface area (Å²) in [6.45, 7) is 6.23. The van der Waals surface area contributed by atoms with E-state index < -0.39 is 17.6 Å². The first-order valence-electron chi connectivity index (χ1n) is 12.4. The number of esters is 1. The van der Waals surface area contributed by atoms with Crippen LogP contribution in [0.5, 0.6) is 0 Å². The third-order valence-electron chi connectivity index (χ3n) is 5.95. The first-order valence-corrected chi connectivity index (χ1v) is 12.4. The zero-order chi connectivity index (χ0) is 27.0. The molecule has 1 fully saturated rings. The Morgan fingerprint density at radius 2 is 1.62 bits per heavy atom. The number of benzene rings is 2. The average molecular weight is 509 g/mol. The highest BCUT2D eigenvalue weighted by Crippen LogP contribution is 2.17. The van der Waals surface area contributed by atoms with Crippen molar-refractivity contribution in [1.82, 2.24) is 10.2 Å². The fraction of sp³-hybridized carbons (Fsp3) is 0.429. The highest BCUT2D eigenvalue weighted by Gasteiger charge is 2.30. The Kier molecular flexibility index (Phi) is 9.41. The van der Waals surface area contributed by atoms with Crippen LogP contribution in [0, 0.1) is 5.41 Å². The summed E-state index contributed by atoms with van der Waals surface area (Å²) in [4.78, 5) is 40.2. The minimum atomic E-state index is -0.749. The summed E-state index contributed by atoms with van der Waals surface area (Å²) < 4.78 is 11.0. The Labute approximate surface area is 217 Å².